The largest absolute Gasteiger partial charge is 0.462 e. The number of carbonyl (C=O) groups excluding carboxylic acids is 1. The third-order valence-electron chi connectivity index (χ3n) is 2.32. The lowest BCUT2D eigenvalue weighted by molar-refractivity contribution is 0.0447. The van der Waals surface area contributed by atoms with Gasteiger partial charge in [0.15, 0.2) is 0 Å². The third-order valence-corrected chi connectivity index (χ3v) is 2.32. The van der Waals surface area contributed by atoms with E-state index in [9.17, 15) is 4.79 Å². The molecule has 0 amide bonds. The van der Waals surface area contributed by atoms with Gasteiger partial charge in [-0.3, -0.25) is 0 Å². The Morgan fingerprint density at radius 3 is 2.87 bits per heavy atom. The molecule has 0 fully saturated rings. The monoisotopic (exact) mass is 207 g/mol. The predicted molar refractivity (Wildman–Crippen MR) is 60.6 cm³/mol. The molecule has 3 nitrogen and oxygen atoms in total. The second-order valence-corrected chi connectivity index (χ2v) is 3.74. The minimum absolute atomic E-state index is 0.303. The molecule has 1 atom stereocenters. The second kappa shape index (κ2) is 5.39. The summed E-state index contributed by atoms with van der Waals surface area (Å²) in [5.74, 6) is 0.0950. The molecule has 2 N–H and O–H groups in total. The Labute approximate surface area is 90.2 Å². The van der Waals surface area contributed by atoms with Crippen molar-refractivity contribution in [1.82, 2.24) is 0 Å². The Morgan fingerprint density at radius 2 is 2.27 bits per heavy atom. The quantitative estimate of drug-likeness (QED) is 0.609. The lowest BCUT2D eigenvalue weighted by Crippen LogP contribution is -2.11. The number of benzene rings is 1. The summed E-state index contributed by atoms with van der Waals surface area (Å²) in [5.41, 5.74) is 6.66. The molecular weight excluding hydrogens is 190 g/mol. The van der Waals surface area contributed by atoms with Crippen molar-refractivity contribution < 1.29 is 9.53 Å². The van der Waals surface area contributed by atoms with Crippen LogP contribution in [0.2, 0.25) is 0 Å². The normalized spacial score (nSPS) is 12.1. The fourth-order valence-corrected chi connectivity index (χ4v) is 1.08. The highest BCUT2D eigenvalue weighted by molar-refractivity contribution is 5.90. The van der Waals surface area contributed by atoms with Gasteiger partial charge in [-0.25, -0.2) is 4.79 Å². The maximum absolute atomic E-state index is 11.5. The summed E-state index contributed by atoms with van der Waals surface area (Å²) in [4.78, 5) is 11.5. The Morgan fingerprint density at radius 1 is 1.53 bits per heavy atom. The van der Waals surface area contributed by atoms with E-state index in [1.165, 1.54) is 0 Å². The molecule has 1 aromatic carbocycles. The number of carbonyl (C=O) groups is 1. The van der Waals surface area contributed by atoms with Crippen molar-refractivity contribution in [3.05, 3.63) is 29.8 Å². The molecule has 0 aliphatic rings. The van der Waals surface area contributed by atoms with Crippen LogP contribution in [0, 0.1) is 5.92 Å². The summed E-state index contributed by atoms with van der Waals surface area (Å²) >= 11 is 0. The molecule has 0 saturated heterocycles. The van der Waals surface area contributed by atoms with Crippen LogP contribution in [0.25, 0.3) is 0 Å². The average molecular weight is 207 g/mol. The highest BCUT2D eigenvalue weighted by Crippen LogP contribution is 2.09. The van der Waals surface area contributed by atoms with E-state index >= 15 is 0 Å². The van der Waals surface area contributed by atoms with Crippen molar-refractivity contribution in [1.29, 1.82) is 0 Å². The molecule has 15 heavy (non-hydrogen) atoms. The highest BCUT2D eigenvalue weighted by Gasteiger charge is 2.08. The number of hydrogen-bond acceptors (Lipinski definition) is 3. The smallest absolute Gasteiger partial charge is 0.338 e. The van der Waals surface area contributed by atoms with Crippen molar-refractivity contribution in [3.8, 4) is 0 Å². The first-order valence-corrected chi connectivity index (χ1v) is 5.16. The molecule has 3 heteroatoms. The lowest BCUT2D eigenvalue weighted by atomic mass is 10.1. The van der Waals surface area contributed by atoms with Crippen LogP contribution in [-0.2, 0) is 4.74 Å². The lowest BCUT2D eigenvalue weighted by Gasteiger charge is -2.09. The molecule has 0 saturated carbocycles. The molecule has 0 heterocycles. The standard InChI is InChI=1S/C12H17NO2/c1-3-9(2)8-15-12(14)10-5-4-6-11(13)7-10/h4-7,9H,3,8,13H2,1-2H3/t9-/m1/s1. The summed E-state index contributed by atoms with van der Waals surface area (Å²) in [6, 6.07) is 6.81. The van der Waals surface area contributed by atoms with Gasteiger partial charge < -0.3 is 10.5 Å². The zero-order valence-corrected chi connectivity index (χ0v) is 9.19. The van der Waals surface area contributed by atoms with Crippen LogP contribution in [0.15, 0.2) is 24.3 Å². The molecule has 1 aromatic rings. The van der Waals surface area contributed by atoms with Crippen LogP contribution in [0.4, 0.5) is 5.69 Å². The van der Waals surface area contributed by atoms with Crippen LogP contribution >= 0.6 is 0 Å². The van der Waals surface area contributed by atoms with Gasteiger partial charge in [-0.15, -0.1) is 0 Å². The zero-order chi connectivity index (χ0) is 11.3. The summed E-state index contributed by atoms with van der Waals surface area (Å²) in [6.45, 7) is 4.58. The summed E-state index contributed by atoms with van der Waals surface area (Å²) in [7, 11) is 0. The molecule has 0 spiro atoms. The van der Waals surface area contributed by atoms with Gasteiger partial charge in [-0.2, -0.15) is 0 Å². The number of rotatable bonds is 4. The van der Waals surface area contributed by atoms with E-state index in [-0.39, 0.29) is 5.97 Å². The minimum Gasteiger partial charge on any atom is -0.462 e. The Kier molecular flexibility index (Phi) is 4.16. The van der Waals surface area contributed by atoms with Crippen molar-refractivity contribution in [2.24, 2.45) is 5.92 Å². The first-order chi connectivity index (χ1) is 7.13. The predicted octanol–water partition coefficient (Wildman–Crippen LogP) is 2.47. The average Bonchev–Trinajstić information content (AvgIpc) is 2.25. The van der Waals surface area contributed by atoms with Crippen LogP contribution in [0.1, 0.15) is 30.6 Å². The van der Waals surface area contributed by atoms with E-state index in [4.69, 9.17) is 10.5 Å². The molecule has 0 unspecified atom stereocenters. The number of ether oxygens (including phenoxy) is 1. The van der Waals surface area contributed by atoms with Gasteiger partial charge >= 0.3 is 5.97 Å². The summed E-state index contributed by atoms with van der Waals surface area (Å²) < 4.78 is 5.14. The Hall–Kier alpha value is -1.51. The van der Waals surface area contributed by atoms with Gasteiger partial charge in [0.05, 0.1) is 12.2 Å². The first-order valence-electron chi connectivity index (χ1n) is 5.16. The van der Waals surface area contributed by atoms with E-state index < -0.39 is 0 Å². The molecule has 0 radical (unpaired) electrons. The van der Waals surface area contributed by atoms with E-state index in [2.05, 4.69) is 6.92 Å². The van der Waals surface area contributed by atoms with Crippen molar-refractivity contribution in [2.75, 3.05) is 12.3 Å². The maximum atomic E-state index is 11.5. The SMILES string of the molecule is CC[C@@H](C)COC(=O)c1cccc(N)c1. The van der Waals surface area contributed by atoms with E-state index in [0.29, 0.717) is 23.8 Å². The van der Waals surface area contributed by atoms with E-state index in [1.54, 1.807) is 24.3 Å². The molecule has 0 aliphatic heterocycles. The van der Waals surface area contributed by atoms with Crippen LogP contribution in [0.3, 0.4) is 0 Å². The number of anilines is 1. The van der Waals surface area contributed by atoms with Gasteiger partial charge in [-0.05, 0) is 24.1 Å². The van der Waals surface area contributed by atoms with Crippen molar-refractivity contribution >= 4 is 11.7 Å². The zero-order valence-electron chi connectivity index (χ0n) is 9.19. The Balaban J connectivity index is 2.54. The fraction of sp³-hybridized carbons (Fsp3) is 0.417. The topological polar surface area (TPSA) is 52.3 Å². The summed E-state index contributed by atoms with van der Waals surface area (Å²) in [5, 5.41) is 0. The number of nitrogens with two attached hydrogens (primary N) is 1. The van der Waals surface area contributed by atoms with Crippen LogP contribution < -0.4 is 5.73 Å². The molecule has 0 bridgehead atoms. The number of esters is 1. The minimum atomic E-state index is -0.303. The third kappa shape index (κ3) is 3.62. The van der Waals surface area contributed by atoms with Crippen LogP contribution in [0.5, 0.6) is 0 Å². The number of hydrogen-bond donors (Lipinski definition) is 1. The second-order valence-electron chi connectivity index (χ2n) is 3.74. The van der Waals surface area contributed by atoms with Crippen LogP contribution in [-0.4, -0.2) is 12.6 Å². The summed E-state index contributed by atoms with van der Waals surface area (Å²) in [6.07, 6.45) is 1.00. The molecule has 1 rings (SSSR count). The van der Waals surface area contributed by atoms with Gasteiger partial charge in [0.25, 0.3) is 0 Å². The number of nitrogen functional groups attached to an aromatic ring is 1. The van der Waals surface area contributed by atoms with Crippen molar-refractivity contribution in [2.45, 2.75) is 20.3 Å². The molecular formula is C12H17NO2. The molecule has 0 aromatic heterocycles. The Bertz CT molecular complexity index is 336. The van der Waals surface area contributed by atoms with Gasteiger partial charge in [-0.1, -0.05) is 26.3 Å². The molecule has 0 aliphatic carbocycles. The van der Waals surface area contributed by atoms with Crippen molar-refractivity contribution in [3.63, 3.8) is 0 Å². The van der Waals surface area contributed by atoms with E-state index in [1.807, 2.05) is 6.92 Å². The molecule has 82 valence electrons. The van der Waals surface area contributed by atoms with Gasteiger partial charge in [0.2, 0.25) is 0 Å². The fourth-order valence-electron chi connectivity index (χ4n) is 1.08. The van der Waals surface area contributed by atoms with Gasteiger partial charge in [0.1, 0.15) is 0 Å². The first kappa shape index (κ1) is 11.6. The van der Waals surface area contributed by atoms with E-state index in [0.717, 1.165) is 6.42 Å². The van der Waals surface area contributed by atoms with Gasteiger partial charge in [0, 0.05) is 5.69 Å². The maximum Gasteiger partial charge on any atom is 0.338 e. The highest BCUT2D eigenvalue weighted by atomic mass is 16.5.